The highest BCUT2D eigenvalue weighted by Crippen LogP contribution is 2.11. The van der Waals surface area contributed by atoms with Crippen LogP contribution in [0.5, 0.6) is 0 Å². The number of aromatic nitrogens is 1. The van der Waals surface area contributed by atoms with Gasteiger partial charge in [-0.05, 0) is 44.7 Å². The average molecular weight is 345 g/mol. The number of amides is 1. The minimum Gasteiger partial charge on any atom is -0.357 e. The Balaban J connectivity index is 1.78. The number of aryl methyl sites for hydroxylation is 1. The highest BCUT2D eigenvalue weighted by molar-refractivity contribution is 5.79. The third-order valence-electron chi connectivity index (χ3n) is 4.42. The molecule has 2 heterocycles. The van der Waals surface area contributed by atoms with E-state index in [1.165, 1.54) is 6.42 Å². The van der Waals surface area contributed by atoms with Crippen LogP contribution in [0.15, 0.2) is 23.3 Å². The highest BCUT2D eigenvalue weighted by atomic mass is 16.2. The van der Waals surface area contributed by atoms with Crippen LogP contribution in [-0.2, 0) is 11.3 Å². The van der Waals surface area contributed by atoms with Crippen LogP contribution < -0.4 is 10.6 Å². The van der Waals surface area contributed by atoms with Gasteiger partial charge in [0, 0.05) is 38.8 Å². The molecule has 2 N–H and O–H groups in total. The summed E-state index contributed by atoms with van der Waals surface area (Å²) in [5, 5.41) is 6.61. The molecule has 1 aliphatic rings. The van der Waals surface area contributed by atoms with Crippen molar-refractivity contribution >= 4 is 11.9 Å². The van der Waals surface area contributed by atoms with Crippen LogP contribution >= 0.6 is 0 Å². The molecule has 2 rings (SSSR count). The molecule has 1 aliphatic heterocycles. The first-order valence-corrected chi connectivity index (χ1v) is 9.41. The maximum atomic E-state index is 12.0. The standard InChI is InChI=1S/C19H31N5O/c1-3-20-19(23-15-17-16(2)9-7-11-21-17)22-12-8-14-24-13-6-4-5-10-18(24)25/h7,9,11H,3-6,8,10,12-15H2,1-2H3,(H2,20,22,23). The van der Waals surface area contributed by atoms with Crippen LogP contribution in [0.1, 0.15) is 50.3 Å². The van der Waals surface area contributed by atoms with Gasteiger partial charge in [0.2, 0.25) is 5.91 Å². The predicted molar refractivity (Wildman–Crippen MR) is 101 cm³/mol. The van der Waals surface area contributed by atoms with Crippen molar-refractivity contribution in [3.63, 3.8) is 0 Å². The van der Waals surface area contributed by atoms with E-state index < -0.39 is 0 Å². The molecule has 0 aromatic carbocycles. The van der Waals surface area contributed by atoms with Crippen LogP contribution in [-0.4, -0.2) is 47.9 Å². The molecule has 138 valence electrons. The summed E-state index contributed by atoms with van der Waals surface area (Å²) in [6, 6.07) is 3.99. The molecule has 0 atom stereocenters. The molecule has 0 aliphatic carbocycles. The minimum atomic E-state index is 0.309. The Morgan fingerprint density at radius 1 is 1.32 bits per heavy atom. The lowest BCUT2D eigenvalue weighted by atomic mass is 10.2. The van der Waals surface area contributed by atoms with E-state index in [2.05, 4.69) is 40.5 Å². The lowest BCUT2D eigenvalue weighted by molar-refractivity contribution is -0.130. The van der Waals surface area contributed by atoms with Gasteiger partial charge in [-0.2, -0.15) is 0 Å². The predicted octanol–water partition coefficient (Wildman–Crippen LogP) is 2.24. The van der Waals surface area contributed by atoms with E-state index in [1.807, 2.05) is 11.0 Å². The first-order valence-electron chi connectivity index (χ1n) is 9.41. The van der Waals surface area contributed by atoms with Crippen LogP contribution in [0, 0.1) is 6.92 Å². The molecule has 6 heteroatoms. The lowest BCUT2D eigenvalue weighted by Crippen LogP contribution is -2.39. The number of pyridine rings is 1. The molecule has 0 saturated carbocycles. The molecular weight excluding hydrogens is 314 g/mol. The van der Waals surface area contributed by atoms with Gasteiger partial charge in [0.15, 0.2) is 5.96 Å². The van der Waals surface area contributed by atoms with Crippen molar-refractivity contribution in [3.05, 3.63) is 29.6 Å². The number of guanidine groups is 1. The van der Waals surface area contributed by atoms with Gasteiger partial charge in [-0.1, -0.05) is 12.5 Å². The Kier molecular flexibility index (Phi) is 8.22. The summed E-state index contributed by atoms with van der Waals surface area (Å²) < 4.78 is 0. The van der Waals surface area contributed by atoms with Crippen LogP contribution in [0.3, 0.4) is 0 Å². The number of carbonyl (C=O) groups is 1. The Morgan fingerprint density at radius 2 is 2.20 bits per heavy atom. The molecule has 0 radical (unpaired) electrons. The van der Waals surface area contributed by atoms with Crippen LogP contribution in [0.25, 0.3) is 0 Å². The van der Waals surface area contributed by atoms with Crippen molar-refractivity contribution in [2.24, 2.45) is 4.99 Å². The zero-order valence-corrected chi connectivity index (χ0v) is 15.6. The van der Waals surface area contributed by atoms with Crippen LogP contribution in [0.2, 0.25) is 0 Å². The van der Waals surface area contributed by atoms with Crippen molar-refractivity contribution in [3.8, 4) is 0 Å². The monoisotopic (exact) mass is 345 g/mol. The molecule has 6 nitrogen and oxygen atoms in total. The van der Waals surface area contributed by atoms with E-state index in [0.29, 0.717) is 18.9 Å². The second-order valence-corrected chi connectivity index (χ2v) is 6.43. The number of likely N-dealkylation sites (tertiary alicyclic amines) is 1. The molecule has 0 spiro atoms. The van der Waals surface area contributed by atoms with Gasteiger partial charge in [0.1, 0.15) is 0 Å². The maximum absolute atomic E-state index is 12.0. The smallest absolute Gasteiger partial charge is 0.222 e. The highest BCUT2D eigenvalue weighted by Gasteiger charge is 2.15. The Hall–Kier alpha value is -2.11. The first-order chi connectivity index (χ1) is 12.2. The van der Waals surface area contributed by atoms with Gasteiger partial charge in [-0.15, -0.1) is 0 Å². The SMILES string of the molecule is CCNC(=NCc1ncccc1C)NCCCN1CCCCCC1=O. The maximum Gasteiger partial charge on any atom is 0.222 e. The van der Waals surface area contributed by atoms with Crippen molar-refractivity contribution < 1.29 is 4.79 Å². The summed E-state index contributed by atoms with van der Waals surface area (Å²) in [6.45, 7) is 8.02. The van der Waals surface area contributed by atoms with Gasteiger partial charge >= 0.3 is 0 Å². The molecule has 1 aromatic heterocycles. The van der Waals surface area contributed by atoms with Gasteiger partial charge in [0.05, 0.1) is 12.2 Å². The van der Waals surface area contributed by atoms with E-state index in [4.69, 9.17) is 0 Å². The number of aliphatic imine (C=N–C) groups is 1. The van der Waals surface area contributed by atoms with E-state index in [0.717, 1.165) is 62.7 Å². The third-order valence-corrected chi connectivity index (χ3v) is 4.42. The molecule has 1 saturated heterocycles. The molecule has 0 bridgehead atoms. The van der Waals surface area contributed by atoms with Gasteiger partial charge < -0.3 is 15.5 Å². The summed E-state index contributed by atoms with van der Waals surface area (Å²) >= 11 is 0. The minimum absolute atomic E-state index is 0.309. The Morgan fingerprint density at radius 3 is 3.00 bits per heavy atom. The third kappa shape index (κ3) is 6.72. The number of nitrogens with zero attached hydrogens (tertiary/aromatic N) is 3. The molecule has 1 aromatic rings. The summed E-state index contributed by atoms with van der Waals surface area (Å²) in [4.78, 5) is 23.0. The van der Waals surface area contributed by atoms with E-state index >= 15 is 0 Å². The molecule has 0 unspecified atom stereocenters. The molecule has 1 fully saturated rings. The van der Waals surface area contributed by atoms with E-state index in [-0.39, 0.29) is 0 Å². The van der Waals surface area contributed by atoms with E-state index in [9.17, 15) is 4.79 Å². The average Bonchev–Trinajstić information content (AvgIpc) is 2.82. The van der Waals surface area contributed by atoms with Crippen molar-refractivity contribution in [1.29, 1.82) is 0 Å². The van der Waals surface area contributed by atoms with Crippen molar-refractivity contribution in [2.75, 3.05) is 26.2 Å². The fourth-order valence-electron chi connectivity index (χ4n) is 2.93. The number of nitrogens with one attached hydrogen (secondary N) is 2. The fraction of sp³-hybridized carbons (Fsp3) is 0.632. The van der Waals surface area contributed by atoms with Gasteiger partial charge in [-0.25, -0.2) is 4.99 Å². The topological polar surface area (TPSA) is 69.6 Å². The first kappa shape index (κ1) is 19.2. The molecule has 1 amide bonds. The number of rotatable bonds is 7. The van der Waals surface area contributed by atoms with Crippen LogP contribution in [0.4, 0.5) is 0 Å². The lowest BCUT2D eigenvalue weighted by Gasteiger charge is -2.20. The molecular formula is C19H31N5O. The summed E-state index contributed by atoms with van der Waals surface area (Å²) in [5.41, 5.74) is 2.15. The number of carbonyl (C=O) groups excluding carboxylic acids is 1. The normalized spacial score (nSPS) is 15.8. The number of hydrogen-bond acceptors (Lipinski definition) is 3. The Bertz CT molecular complexity index is 573. The van der Waals surface area contributed by atoms with Gasteiger partial charge in [-0.3, -0.25) is 9.78 Å². The largest absolute Gasteiger partial charge is 0.357 e. The fourth-order valence-corrected chi connectivity index (χ4v) is 2.93. The molecule has 25 heavy (non-hydrogen) atoms. The van der Waals surface area contributed by atoms with Crippen molar-refractivity contribution in [2.45, 2.75) is 52.5 Å². The quantitative estimate of drug-likeness (QED) is 0.452. The second kappa shape index (κ2) is 10.7. The Labute approximate surface area is 151 Å². The van der Waals surface area contributed by atoms with E-state index in [1.54, 1.807) is 6.20 Å². The summed E-state index contributed by atoms with van der Waals surface area (Å²) in [6.07, 6.45) is 6.78. The zero-order valence-electron chi connectivity index (χ0n) is 15.6. The zero-order chi connectivity index (χ0) is 17.9. The summed E-state index contributed by atoms with van der Waals surface area (Å²) in [5.74, 6) is 1.11. The van der Waals surface area contributed by atoms with Crippen molar-refractivity contribution in [1.82, 2.24) is 20.5 Å². The second-order valence-electron chi connectivity index (χ2n) is 6.43. The van der Waals surface area contributed by atoms with Gasteiger partial charge in [0.25, 0.3) is 0 Å². The summed E-state index contributed by atoms with van der Waals surface area (Å²) in [7, 11) is 0. The number of hydrogen-bond donors (Lipinski definition) is 2.